The molecule has 0 fully saturated rings. The molecule has 5 rings (SSSR count). The van der Waals surface area contributed by atoms with Gasteiger partial charge >= 0.3 is 0 Å². The van der Waals surface area contributed by atoms with Crippen LogP contribution >= 0.6 is 11.3 Å². The Labute approximate surface area is 184 Å². The molecule has 5 aromatic rings. The third kappa shape index (κ3) is 3.61. The Kier molecular flexibility index (Phi) is 4.82. The molecule has 0 aliphatic rings. The number of thiophene rings is 1. The van der Waals surface area contributed by atoms with E-state index in [1.54, 1.807) is 11.3 Å². The number of pyridine rings is 1. The van der Waals surface area contributed by atoms with E-state index in [2.05, 4.69) is 43.1 Å². The summed E-state index contributed by atoms with van der Waals surface area (Å²) in [6.07, 6.45) is 0. The van der Waals surface area contributed by atoms with Crippen molar-refractivity contribution in [3.63, 3.8) is 0 Å². The molecule has 0 radical (unpaired) electrons. The van der Waals surface area contributed by atoms with Gasteiger partial charge in [0.05, 0.1) is 16.3 Å². The summed E-state index contributed by atoms with van der Waals surface area (Å²) in [6, 6.07) is 14.2. The number of fused-ring (bicyclic) bond motifs is 1. The molecule has 0 N–H and O–H groups in total. The molecule has 0 atom stereocenters. The predicted octanol–water partition coefficient (Wildman–Crippen LogP) is 5.95. The first-order valence-electron chi connectivity index (χ1n) is 10.1. The van der Waals surface area contributed by atoms with Crippen LogP contribution in [-0.2, 0) is 6.61 Å². The largest absolute Gasteiger partial charge is 0.471 e. The van der Waals surface area contributed by atoms with Crippen molar-refractivity contribution < 1.29 is 9.15 Å². The van der Waals surface area contributed by atoms with Gasteiger partial charge in [0.15, 0.2) is 5.65 Å². The average Bonchev–Trinajstić information content (AvgIpc) is 3.47. The SMILES string of the molecule is Cc1ccc(-n2nc(C)c3c(C)cc(OCc4nc(-c5cccs5)oc4C)nc32)cc1. The minimum absolute atomic E-state index is 0.288. The zero-order valence-electron chi connectivity index (χ0n) is 17.8. The van der Waals surface area contributed by atoms with E-state index in [-0.39, 0.29) is 6.61 Å². The van der Waals surface area contributed by atoms with Gasteiger partial charge in [-0.15, -0.1) is 11.3 Å². The van der Waals surface area contributed by atoms with Gasteiger partial charge in [0.2, 0.25) is 11.8 Å². The monoisotopic (exact) mass is 430 g/mol. The van der Waals surface area contributed by atoms with Crippen LogP contribution in [0.3, 0.4) is 0 Å². The minimum Gasteiger partial charge on any atom is -0.471 e. The van der Waals surface area contributed by atoms with E-state index in [9.17, 15) is 0 Å². The van der Waals surface area contributed by atoms with Gasteiger partial charge in [-0.05, 0) is 56.8 Å². The standard InChI is InChI=1S/C24H22N4O2S/c1-14-7-9-18(10-8-14)28-23-22(16(3)27-28)15(2)12-21(26-23)29-13-19-17(4)30-24(25-19)20-6-5-11-31-20/h5-12H,13H2,1-4H3. The lowest BCUT2D eigenvalue weighted by Crippen LogP contribution is -2.02. The van der Waals surface area contributed by atoms with Crippen LogP contribution in [0.1, 0.15) is 28.3 Å². The number of rotatable bonds is 5. The lowest BCUT2D eigenvalue weighted by atomic mass is 10.1. The normalized spacial score (nSPS) is 11.4. The van der Waals surface area contributed by atoms with Crippen LogP contribution in [0.4, 0.5) is 0 Å². The second-order valence-electron chi connectivity index (χ2n) is 7.60. The Morgan fingerprint density at radius 2 is 1.84 bits per heavy atom. The number of hydrogen-bond donors (Lipinski definition) is 0. The smallest absolute Gasteiger partial charge is 0.236 e. The Morgan fingerprint density at radius 1 is 1.03 bits per heavy atom. The van der Waals surface area contributed by atoms with Gasteiger partial charge in [0.25, 0.3) is 0 Å². The summed E-state index contributed by atoms with van der Waals surface area (Å²) in [5.74, 6) is 1.92. The van der Waals surface area contributed by atoms with Gasteiger partial charge in [0.1, 0.15) is 18.1 Å². The van der Waals surface area contributed by atoms with Gasteiger partial charge in [0, 0.05) is 11.5 Å². The quantitative estimate of drug-likeness (QED) is 0.345. The number of aryl methyl sites for hydroxylation is 4. The van der Waals surface area contributed by atoms with E-state index >= 15 is 0 Å². The zero-order valence-corrected chi connectivity index (χ0v) is 18.7. The molecule has 4 heterocycles. The van der Waals surface area contributed by atoms with Crippen molar-refractivity contribution in [2.24, 2.45) is 0 Å². The van der Waals surface area contributed by atoms with Crippen molar-refractivity contribution >= 4 is 22.4 Å². The minimum atomic E-state index is 0.288. The van der Waals surface area contributed by atoms with Gasteiger partial charge in [-0.1, -0.05) is 23.8 Å². The fourth-order valence-electron chi connectivity index (χ4n) is 3.62. The van der Waals surface area contributed by atoms with Crippen LogP contribution in [-0.4, -0.2) is 19.7 Å². The van der Waals surface area contributed by atoms with Gasteiger partial charge in [-0.2, -0.15) is 10.1 Å². The topological polar surface area (TPSA) is 66.0 Å². The molecule has 156 valence electrons. The summed E-state index contributed by atoms with van der Waals surface area (Å²) in [5.41, 5.74) is 5.75. The van der Waals surface area contributed by atoms with Crippen LogP contribution < -0.4 is 4.74 Å². The van der Waals surface area contributed by atoms with E-state index in [1.807, 2.05) is 42.1 Å². The van der Waals surface area contributed by atoms with Crippen molar-refractivity contribution in [1.29, 1.82) is 0 Å². The molecule has 0 aliphatic carbocycles. The lowest BCUT2D eigenvalue weighted by molar-refractivity contribution is 0.288. The molecule has 7 heteroatoms. The molecule has 0 saturated carbocycles. The summed E-state index contributed by atoms with van der Waals surface area (Å²) in [6.45, 7) is 8.32. The maximum Gasteiger partial charge on any atom is 0.236 e. The second kappa shape index (κ2) is 7.67. The van der Waals surface area contributed by atoms with Crippen LogP contribution in [0.2, 0.25) is 0 Å². The van der Waals surface area contributed by atoms with E-state index < -0.39 is 0 Å². The molecule has 0 unspecified atom stereocenters. The highest BCUT2D eigenvalue weighted by atomic mass is 32.1. The number of hydrogen-bond acceptors (Lipinski definition) is 6. The Hall–Kier alpha value is -3.45. The number of benzene rings is 1. The first kappa shape index (κ1) is 19.5. The van der Waals surface area contributed by atoms with Gasteiger partial charge in [-0.3, -0.25) is 0 Å². The Bertz CT molecular complexity index is 1370. The average molecular weight is 431 g/mol. The van der Waals surface area contributed by atoms with Crippen LogP contribution in [0.15, 0.2) is 52.3 Å². The van der Waals surface area contributed by atoms with Crippen LogP contribution in [0.5, 0.6) is 5.88 Å². The fraction of sp³-hybridized carbons (Fsp3) is 0.208. The number of nitrogens with zero attached hydrogens (tertiary/aromatic N) is 4. The highest BCUT2D eigenvalue weighted by Gasteiger charge is 2.17. The summed E-state index contributed by atoms with van der Waals surface area (Å²) >= 11 is 1.60. The Balaban J connectivity index is 1.47. The first-order chi connectivity index (χ1) is 15.0. The zero-order chi connectivity index (χ0) is 21.5. The summed E-state index contributed by atoms with van der Waals surface area (Å²) < 4.78 is 13.7. The molecule has 6 nitrogen and oxygen atoms in total. The molecular formula is C24H22N4O2S. The second-order valence-corrected chi connectivity index (χ2v) is 8.54. The van der Waals surface area contributed by atoms with Gasteiger partial charge in [-0.25, -0.2) is 9.67 Å². The van der Waals surface area contributed by atoms with Crippen molar-refractivity contribution in [3.8, 4) is 22.3 Å². The molecule has 4 aromatic heterocycles. The summed E-state index contributed by atoms with van der Waals surface area (Å²) in [5, 5.41) is 7.78. The van der Waals surface area contributed by atoms with Crippen molar-refractivity contribution in [1.82, 2.24) is 19.7 Å². The molecule has 1 aromatic carbocycles. The molecule has 0 amide bonds. The van der Waals surface area contributed by atoms with Crippen molar-refractivity contribution in [3.05, 3.63) is 76.1 Å². The third-order valence-electron chi connectivity index (χ3n) is 5.25. The molecular weight excluding hydrogens is 408 g/mol. The first-order valence-corrected chi connectivity index (χ1v) is 10.9. The number of aromatic nitrogens is 4. The molecule has 31 heavy (non-hydrogen) atoms. The van der Waals surface area contributed by atoms with Crippen molar-refractivity contribution in [2.75, 3.05) is 0 Å². The van der Waals surface area contributed by atoms with E-state index in [0.29, 0.717) is 11.8 Å². The van der Waals surface area contributed by atoms with Crippen molar-refractivity contribution in [2.45, 2.75) is 34.3 Å². The number of oxazole rings is 1. The lowest BCUT2D eigenvalue weighted by Gasteiger charge is -2.08. The Morgan fingerprint density at radius 3 is 2.58 bits per heavy atom. The molecule has 0 aliphatic heterocycles. The summed E-state index contributed by atoms with van der Waals surface area (Å²) in [4.78, 5) is 10.4. The van der Waals surface area contributed by atoms with Gasteiger partial charge < -0.3 is 9.15 Å². The molecule has 0 spiro atoms. The van der Waals surface area contributed by atoms with E-state index in [4.69, 9.17) is 19.2 Å². The summed E-state index contributed by atoms with van der Waals surface area (Å²) in [7, 11) is 0. The maximum atomic E-state index is 6.04. The van der Waals surface area contributed by atoms with E-state index in [1.165, 1.54) is 5.56 Å². The fourth-order valence-corrected chi connectivity index (χ4v) is 4.27. The maximum absolute atomic E-state index is 6.04. The highest BCUT2D eigenvalue weighted by molar-refractivity contribution is 7.13. The van der Waals surface area contributed by atoms with Crippen LogP contribution in [0, 0.1) is 27.7 Å². The number of ether oxygens (including phenoxy) is 1. The highest BCUT2D eigenvalue weighted by Crippen LogP contribution is 2.29. The molecule has 0 bridgehead atoms. The molecule has 0 saturated heterocycles. The third-order valence-corrected chi connectivity index (χ3v) is 6.10. The van der Waals surface area contributed by atoms with E-state index in [0.717, 1.165) is 44.3 Å². The predicted molar refractivity (Wildman–Crippen MR) is 122 cm³/mol. The van der Waals surface area contributed by atoms with Crippen LogP contribution in [0.25, 0.3) is 27.5 Å².